The number of hydrogen-bond acceptors (Lipinski definition) is 3. The van der Waals surface area contributed by atoms with Crippen LogP contribution in [0.4, 0.5) is 10.1 Å². The normalized spacial score (nSPS) is 25.7. The van der Waals surface area contributed by atoms with Gasteiger partial charge < -0.3 is 10.2 Å². The third kappa shape index (κ3) is 5.44. The monoisotopic (exact) mass is 361 g/mol. The summed E-state index contributed by atoms with van der Waals surface area (Å²) in [6.07, 6.45) is 4.12. The molecule has 1 unspecified atom stereocenters. The Bertz CT molecular complexity index is 550. The van der Waals surface area contributed by atoms with Crippen LogP contribution in [0.25, 0.3) is 0 Å². The molecule has 2 fully saturated rings. The first-order valence-electron chi connectivity index (χ1n) is 10.1. The second kappa shape index (κ2) is 9.36. The lowest BCUT2D eigenvalue weighted by Gasteiger charge is -2.37. The quantitative estimate of drug-likeness (QED) is 0.845. The number of hydrogen-bond donors (Lipinski definition) is 1. The van der Waals surface area contributed by atoms with Gasteiger partial charge in [-0.05, 0) is 63.6 Å². The van der Waals surface area contributed by atoms with Crippen molar-refractivity contribution < 1.29 is 9.18 Å². The van der Waals surface area contributed by atoms with Crippen molar-refractivity contribution in [1.82, 2.24) is 10.2 Å². The number of rotatable bonds is 6. The summed E-state index contributed by atoms with van der Waals surface area (Å²) in [5, 5.41) is 2.83. The molecule has 1 saturated carbocycles. The van der Waals surface area contributed by atoms with E-state index in [0.717, 1.165) is 57.8 Å². The second-order valence-corrected chi connectivity index (χ2v) is 7.80. The summed E-state index contributed by atoms with van der Waals surface area (Å²) in [6.45, 7) is 6.95. The number of nitrogens with zero attached hydrogens (tertiary/aromatic N) is 2. The Labute approximate surface area is 156 Å². The first kappa shape index (κ1) is 19.2. The van der Waals surface area contributed by atoms with Crippen LogP contribution in [0.15, 0.2) is 30.3 Å². The molecule has 26 heavy (non-hydrogen) atoms. The maximum absolute atomic E-state index is 13.0. The average molecular weight is 362 g/mol. The van der Waals surface area contributed by atoms with E-state index in [1.165, 1.54) is 25.6 Å². The second-order valence-electron chi connectivity index (χ2n) is 7.80. The minimum absolute atomic E-state index is 0.173. The lowest BCUT2D eigenvalue weighted by Crippen LogP contribution is -2.47. The molecule has 0 bridgehead atoms. The Morgan fingerprint density at radius 1 is 1.12 bits per heavy atom. The van der Waals surface area contributed by atoms with Crippen molar-refractivity contribution in [3.8, 4) is 0 Å². The molecule has 3 rings (SSSR count). The number of carbonyl (C=O) groups excluding carboxylic acids is 1. The molecule has 1 saturated heterocycles. The lowest BCUT2D eigenvalue weighted by molar-refractivity contribution is -0.126. The molecule has 1 aromatic carbocycles. The zero-order valence-electron chi connectivity index (χ0n) is 15.9. The molecule has 1 heterocycles. The van der Waals surface area contributed by atoms with Crippen LogP contribution < -0.4 is 10.2 Å². The molecular weight excluding hydrogens is 329 g/mol. The molecule has 2 aliphatic rings. The summed E-state index contributed by atoms with van der Waals surface area (Å²) in [6, 6.07) is 10.8. The molecule has 1 amide bonds. The number of para-hydroxylation sites is 1. The topological polar surface area (TPSA) is 35.6 Å². The van der Waals surface area contributed by atoms with Gasteiger partial charge in [0.05, 0.1) is 0 Å². The number of amides is 1. The molecule has 4 nitrogen and oxygen atoms in total. The highest BCUT2D eigenvalue weighted by molar-refractivity contribution is 5.80. The minimum Gasteiger partial charge on any atom is -0.369 e. The molecule has 1 N–H and O–H groups in total. The van der Waals surface area contributed by atoms with Crippen LogP contribution >= 0.6 is 0 Å². The van der Waals surface area contributed by atoms with E-state index in [1.54, 1.807) is 0 Å². The van der Waals surface area contributed by atoms with Gasteiger partial charge in [0.15, 0.2) is 6.17 Å². The van der Waals surface area contributed by atoms with Crippen molar-refractivity contribution in [2.75, 3.05) is 37.6 Å². The van der Waals surface area contributed by atoms with Crippen LogP contribution in [-0.2, 0) is 4.79 Å². The number of carbonyl (C=O) groups is 1. The molecular formula is C21H32FN3O. The fourth-order valence-electron chi connectivity index (χ4n) is 4.15. The molecule has 144 valence electrons. The van der Waals surface area contributed by atoms with Crippen molar-refractivity contribution in [2.24, 2.45) is 5.92 Å². The van der Waals surface area contributed by atoms with Crippen LogP contribution in [0.1, 0.15) is 39.0 Å². The molecule has 0 radical (unpaired) electrons. The number of alkyl halides is 1. The first-order chi connectivity index (χ1) is 12.6. The van der Waals surface area contributed by atoms with Gasteiger partial charge in [-0.25, -0.2) is 4.39 Å². The van der Waals surface area contributed by atoms with Crippen molar-refractivity contribution in [1.29, 1.82) is 0 Å². The van der Waals surface area contributed by atoms with Gasteiger partial charge in [-0.3, -0.25) is 9.69 Å². The van der Waals surface area contributed by atoms with Gasteiger partial charge in [0.2, 0.25) is 0 Å². The van der Waals surface area contributed by atoms with Gasteiger partial charge in [0.25, 0.3) is 5.91 Å². The summed E-state index contributed by atoms with van der Waals surface area (Å²) in [5.74, 6) is 0.294. The highest BCUT2D eigenvalue weighted by Gasteiger charge is 2.25. The largest absolute Gasteiger partial charge is 0.369 e. The average Bonchev–Trinajstić information content (AvgIpc) is 2.68. The Hall–Kier alpha value is -1.62. The Morgan fingerprint density at radius 2 is 1.77 bits per heavy atom. The zero-order chi connectivity index (χ0) is 18.4. The first-order valence-corrected chi connectivity index (χ1v) is 10.1. The smallest absolute Gasteiger partial charge is 0.254 e. The Kier molecular flexibility index (Phi) is 6.89. The predicted molar refractivity (Wildman–Crippen MR) is 104 cm³/mol. The van der Waals surface area contributed by atoms with Crippen molar-refractivity contribution in [3.05, 3.63) is 30.3 Å². The standard InChI is InChI=1S/C21H32FN3O/c1-17(22)21(26)23-19-9-7-18(8-10-19)11-12-24-13-15-25(16-14-24)20-5-3-2-4-6-20/h2-6,17-19H,7-16H2,1H3,(H,23,26). The molecule has 1 atom stereocenters. The predicted octanol–water partition coefficient (Wildman–Crippen LogP) is 3.23. The minimum atomic E-state index is -1.40. The number of benzene rings is 1. The van der Waals surface area contributed by atoms with E-state index in [2.05, 4.69) is 45.4 Å². The molecule has 0 spiro atoms. The van der Waals surface area contributed by atoms with E-state index in [9.17, 15) is 9.18 Å². The van der Waals surface area contributed by atoms with Gasteiger partial charge in [-0.1, -0.05) is 18.2 Å². The van der Waals surface area contributed by atoms with E-state index in [4.69, 9.17) is 0 Å². The maximum atomic E-state index is 13.0. The zero-order valence-corrected chi connectivity index (χ0v) is 15.9. The fourth-order valence-corrected chi connectivity index (χ4v) is 4.15. The molecule has 1 aromatic rings. The third-order valence-electron chi connectivity index (χ3n) is 5.90. The molecule has 5 heteroatoms. The van der Waals surface area contributed by atoms with Gasteiger partial charge >= 0.3 is 0 Å². The highest BCUT2D eigenvalue weighted by Crippen LogP contribution is 2.27. The van der Waals surface area contributed by atoms with E-state index in [-0.39, 0.29) is 6.04 Å². The number of nitrogens with one attached hydrogen (secondary N) is 1. The molecule has 1 aliphatic heterocycles. The Balaban J connectivity index is 1.32. The van der Waals surface area contributed by atoms with Crippen LogP contribution in [0.2, 0.25) is 0 Å². The summed E-state index contributed by atoms with van der Waals surface area (Å²) in [5.41, 5.74) is 1.33. The SMILES string of the molecule is CC(F)C(=O)NC1CCC(CCN2CCN(c3ccccc3)CC2)CC1. The van der Waals surface area contributed by atoms with Crippen molar-refractivity contribution in [2.45, 2.75) is 51.2 Å². The number of piperazine rings is 1. The van der Waals surface area contributed by atoms with E-state index >= 15 is 0 Å². The van der Waals surface area contributed by atoms with E-state index in [1.807, 2.05) is 0 Å². The van der Waals surface area contributed by atoms with E-state index < -0.39 is 12.1 Å². The third-order valence-corrected chi connectivity index (χ3v) is 5.90. The summed E-state index contributed by atoms with van der Waals surface area (Å²) in [4.78, 5) is 16.5. The van der Waals surface area contributed by atoms with Crippen LogP contribution in [-0.4, -0.2) is 55.7 Å². The maximum Gasteiger partial charge on any atom is 0.254 e. The summed E-state index contributed by atoms with van der Waals surface area (Å²) < 4.78 is 13.0. The number of anilines is 1. The van der Waals surface area contributed by atoms with Gasteiger partial charge in [-0.2, -0.15) is 0 Å². The van der Waals surface area contributed by atoms with Crippen LogP contribution in [0.5, 0.6) is 0 Å². The van der Waals surface area contributed by atoms with Crippen molar-refractivity contribution >= 4 is 11.6 Å². The van der Waals surface area contributed by atoms with E-state index in [0.29, 0.717) is 0 Å². The molecule has 0 aromatic heterocycles. The molecule has 1 aliphatic carbocycles. The summed E-state index contributed by atoms with van der Waals surface area (Å²) in [7, 11) is 0. The van der Waals surface area contributed by atoms with Crippen LogP contribution in [0.3, 0.4) is 0 Å². The van der Waals surface area contributed by atoms with Gasteiger partial charge in [0, 0.05) is 37.9 Å². The summed E-state index contributed by atoms with van der Waals surface area (Å²) >= 11 is 0. The fraction of sp³-hybridized carbons (Fsp3) is 0.667. The van der Waals surface area contributed by atoms with Gasteiger partial charge in [0.1, 0.15) is 0 Å². The van der Waals surface area contributed by atoms with Gasteiger partial charge in [-0.15, -0.1) is 0 Å². The highest BCUT2D eigenvalue weighted by atomic mass is 19.1. The lowest BCUT2D eigenvalue weighted by atomic mass is 9.84. The number of halogens is 1. The van der Waals surface area contributed by atoms with Crippen LogP contribution in [0, 0.1) is 5.92 Å². The Morgan fingerprint density at radius 3 is 2.38 bits per heavy atom. The van der Waals surface area contributed by atoms with Crippen molar-refractivity contribution in [3.63, 3.8) is 0 Å².